The third-order valence-corrected chi connectivity index (χ3v) is 4.95. The maximum absolute atomic E-state index is 13.3. The highest BCUT2D eigenvalue weighted by Crippen LogP contribution is 2.28. The molecule has 0 fully saturated rings. The first kappa shape index (κ1) is 24.0. The van der Waals surface area contributed by atoms with Crippen LogP contribution in [0.15, 0.2) is 53.0 Å². The number of aliphatic hydroxyl groups is 1. The van der Waals surface area contributed by atoms with Crippen LogP contribution in [0.5, 0.6) is 0 Å². The Hall–Kier alpha value is -3.69. The summed E-state index contributed by atoms with van der Waals surface area (Å²) in [4.78, 5) is 35.7. The van der Waals surface area contributed by atoms with Gasteiger partial charge in [0.25, 0.3) is 11.8 Å². The van der Waals surface area contributed by atoms with E-state index in [0.29, 0.717) is 41.0 Å². The zero-order chi connectivity index (χ0) is 23.8. The quantitative estimate of drug-likeness (QED) is 0.340. The summed E-state index contributed by atoms with van der Waals surface area (Å²) in [6.07, 6.45) is 2.60. The van der Waals surface area contributed by atoms with Crippen molar-refractivity contribution in [3.8, 4) is 0 Å². The SMILES string of the molecule is CCCN(OCc1ccc(N)cc1)C(=O)C1=Cc2ccc(C(=O)NCCO)cc2N=C(N)C1. The van der Waals surface area contributed by atoms with Crippen LogP contribution in [0.4, 0.5) is 11.4 Å². The molecule has 0 unspecified atom stereocenters. The van der Waals surface area contributed by atoms with Crippen LogP contribution in [0, 0.1) is 0 Å². The Labute approximate surface area is 192 Å². The second-order valence-electron chi connectivity index (χ2n) is 7.62. The van der Waals surface area contributed by atoms with E-state index in [0.717, 1.165) is 5.56 Å². The van der Waals surface area contributed by atoms with Gasteiger partial charge in [-0.25, -0.2) is 10.1 Å². The predicted molar refractivity (Wildman–Crippen MR) is 127 cm³/mol. The van der Waals surface area contributed by atoms with Crippen LogP contribution in [0.1, 0.15) is 41.3 Å². The second-order valence-corrected chi connectivity index (χ2v) is 7.62. The van der Waals surface area contributed by atoms with E-state index in [4.69, 9.17) is 21.4 Å². The maximum atomic E-state index is 13.3. The van der Waals surface area contributed by atoms with Crippen LogP contribution in [-0.4, -0.2) is 47.5 Å². The molecule has 0 saturated heterocycles. The van der Waals surface area contributed by atoms with E-state index < -0.39 is 0 Å². The van der Waals surface area contributed by atoms with E-state index in [1.54, 1.807) is 36.4 Å². The van der Waals surface area contributed by atoms with E-state index in [1.807, 2.05) is 19.1 Å². The van der Waals surface area contributed by atoms with Crippen LogP contribution >= 0.6 is 0 Å². The summed E-state index contributed by atoms with van der Waals surface area (Å²) < 4.78 is 0. The number of rotatable bonds is 9. The van der Waals surface area contributed by atoms with E-state index in [1.165, 1.54) is 5.06 Å². The van der Waals surface area contributed by atoms with Gasteiger partial charge in [-0.3, -0.25) is 14.4 Å². The molecule has 3 rings (SSSR count). The number of amidine groups is 1. The van der Waals surface area contributed by atoms with Gasteiger partial charge in [-0.1, -0.05) is 25.1 Å². The molecule has 2 aromatic rings. The fraction of sp³-hybridized carbons (Fsp3) is 0.292. The number of amides is 2. The van der Waals surface area contributed by atoms with Crippen LogP contribution in [0.2, 0.25) is 0 Å². The molecule has 9 heteroatoms. The minimum absolute atomic E-state index is 0.148. The van der Waals surface area contributed by atoms with Crippen molar-refractivity contribution in [2.45, 2.75) is 26.4 Å². The highest BCUT2D eigenvalue weighted by atomic mass is 16.7. The van der Waals surface area contributed by atoms with E-state index in [2.05, 4.69) is 10.3 Å². The molecule has 2 aromatic carbocycles. The van der Waals surface area contributed by atoms with Crippen molar-refractivity contribution in [1.82, 2.24) is 10.4 Å². The van der Waals surface area contributed by atoms with Crippen LogP contribution in [0.3, 0.4) is 0 Å². The lowest BCUT2D eigenvalue weighted by Gasteiger charge is -2.22. The molecule has 0 saturated carbocycles. The van der Waals surface area contributed by atoms with Crippen molar-refractivity contribution >= 4 is 35.1 Å². The number of nitrogens with two attached hydrogens (primary N) is 2. The average Bonchev–Trinajstić information content (AvgIpc) is 2.98. The Kier molecular flexibility index (Phi) is 8.17. The number of nitrogens with one attached hydrogen (secondary N) is 1. The number of anilines is 1. The molecule has 33 heavy (non-hydrogen) atoms. The molecular formula is C24H29N5O4. The van der Waals surface area contributed by atoms with Crippen LogP contribution in [0.25, 0.3) is 6.08 Å². The van der Waals surface area contributed by atoms with Crippen molar-refractivity contribution in [3.63, 3.8) is 0 Å². The van der Waals surface area contributed by atoms with Gasteiger partial charge in [-0.15, -0.1) is 0 Å². The molecule has 1 heterocycles. The third kappa shape index (κ3) is 6.41. The second kappa shape index (κ2) is 11.3. The molecule has 174 valence electrons. The number of hydrogen-bond donors (Lipinski definition) is 4. The predicted octanol–water partition coefficient (Wildman–Crippen LogP) is 2.14. The Morgan fingerprint density at radius 2 is 1.94 bits per heavy atom. The molecule has 0 atom stereocenters. The number of fused-ring (bicyclic) bond motifs is 1. The number of benzene rings is 2. The van der Waals surface area contributed by atoms with Crippen molar-refractivity contribution in [2.75, 3.05) is 25.4 Å². The van der Waals surface area contributed by atoms with Crippen molar-refractivity contribution < 1.29 is 19.5 Å². The summed E-state index contributed by atoms with van der Waals surface area (Å²) >= 11 is 0. The summed E-state index contributed by atoms with van der Waals surface area (Å²) in [5.41, 5.74) is 15.4. The number of carbonyl (C=O) groups excluding carboxylic acids is 2. The summed E-state index contributed by atoms with van der Waals surface area (Å²) in [5.74, 6) is -0.352. The molecule has 0 aliphatic carbocycles. The number of aliphatic hydroxyl groups excluding tert-OH is 1. The molecule has 2 amide bonds. The fourth-order valence-corrected chi connectivity index (χ4v) is 3.30. The summed E-state index contributed by atoms with van der Waals surface area (Å²) in [7, 11) is 0. The minimum atomic E-state index is -0.324. The number of hydrogen-bond acceptors (Lipinski definition) is 7. The average molecular weight is 452 g/mol. The van der Waals surface area contributed by atoms with E-state index >= 15 is 0 Å². The largest absolute Gasteiger partial charge is 0.399 e. The third-order valence-electron chi connectivity index (χ3n) is 4.95. The summed E-state index contributed by atoms with van der Waals surface area (Å²) in [6.45, 7) is 2.61. The maximum Gasteiger partial charge on any atom is 0.273 e. The lowest BCUT2D eigenvalue weighted by Crippen LogP contribution is -2.34. The molecule has 9 nitrogen and oxygen atoms in total. The highest BCUT2D eigenvalue weighted by molar-refractivity contribution is 6.05. The Bertz CT molecular complexity index is 1060. The molecule has 1 aliphatic heterocycles. The number of nitrogen functional groups attached to an aromatic ring is 1. The van der Waals surface area contributed by atoms with Crippen molar-refractivity contribution in [2.24, 2.45) is 10.7 Å². The van der Waals surface area contributed by atoms with E-state index in [9.17, 15) is 9.59 Å². The normalized spacial score (nSPS) is 12.8. The van der Waals surface area contributed by atoms with Crippen molar-refractivity contribution in [1.29, 1.82) is 0 Å². The first-order chi connectivity index (χ1) is 15.9. The highest BCUT2D eigenvalue weighted by Gasteiger charge is 2.22. The van der Waals surface area contributed by atoms with E-state index in [-0.39, 0.29) is 43.8 Å². The molecular weight excluding hydrogens is 422 g/mol. The van der Waals surface area contributed by atoms with Crippen LogP contribution < -0.4 is 16.8 Å². The Morgan fingerprint density at radius 3 is 2.64 bits per heavy atom. The topological polar surface area (TPSA) is 143 Å². The van der Waals surface area contributed by atoms with Gasteiger partial charge in [0.2, 0.25) is 0 Å². The fourth-order valence-electron chi connectivity index (χ4n) is 3.30. The van der Waals surface area contributed by atoms with Gasteiger partial charge in [0.15, 0.2) is 0 Å². The standard InChI is InChI=1S/C24H29N5O4/c1-2-10-29(33-15-16-3-7-20(25)8-4-16)24(32)19-12-17-5-6-18(23(31)27-9-11-30)13-21(17)28-22(26)14-19/h3-8,12-13,30H,2,9-11,14-15,25H2,1H3,(H2,26,28)(H,27,31). The first-order valence-corrected chi connectivity index (χ1v) is 10.8. The number of carbonyl (C=O) groups is 2. The Morgan fingerprint density at radius 1 is 1.18 bits per heavy atom. The zero-order valence-electron chi connectivity index (χ0n) is 18.6. The lowest BCUT2D eigenvalue weighted by molar-refractivity contribution is -0.187. The van der Waals surface area contributed by atoms with Crippen LogP contribution in [-0.2, 0) is 16.2 Å². The number of aliphatic imine (C=N–C) groups is 1. The van der Waals surface area contributed by atoms with Gasteiger partial charge in [0.05, 0.1) is 12.3 Å². The van der Waals surface area contributed by atoms with Gasteiger partial charge < -0.3 is 21.9 Å². The molecule has 0 spiro atoms. The number of hydroxylamine groups is 2. The minimum Gasteiger partial charge on any atom is -0.399 e. The first-order valence-electron chi connectivity index (χ1n) is 10.8. The van der Waals surface area contributed by atoms with Gasteiger partial charge in [-0.05, 0) is 42.3 Å². The Balaban J connectivity index is 1.81. The molecule has 0 aromatic heterocycles. The van der Waals surface area contributed by atoms with Crippen molar-refractivity contribution in [3.05, 3.63) is 64.7 Å². The molecule has 0 radical (unpaired) electrons. The smallest absolute Gasteiger partial charge is 0.273 e. The van der Waals surface area contributed by atoms with Gasteiger partial charge in [0.1, 0.15) is 12.4 Å². The number of nitrogens with zero attached hydrogens (tertiary/aromatic N) is 2. The molecule has 0 bridgehead atoms. The zero-order valence-corrected chi connectivity index (χ0v) is 18.6. The molecule has 6 N–H and O–H groups in total. The summed E-state index contributed by atoms with van der Waals surface area (Å²) in [5, 5.41) is 12.8. The lowest BCUT2D eigenvalue weighted by atomic mass is 10.0. The molecule has 1 aliphatic rings. The van der Waals surface area contributed by atoms with Gasteiger partial charge in [0, 0.05) is 41.9 Å². The van der Waals surface area contributed by atoms with Gasteiger partial charge >= 0.3 is 0 Å². The monoisotopic (exact) mass is 451 g/mol. The van der Waals surface area contributed by atoms with Gasteiger partial charge in [-0.2, -0.15) is 0 Å². The summed E-state index contributed by atoms with van der Waals surface area (Å²) in [6, 6.07) is 12.2.